The van der Waals surface area contributed by atoms with E-state index in [4.69, 9.17) is 4.98 Å². The summed E-state index contributed by atoms with van der Waals surface area (Å²) in [6.07, 6.45) is 6.65. The highest BCUT2D eigenvalue weighted by molar-refractivity contribution is 6.06. The van der Waals surface area contributed by atoms with E-state index in [1.807, 2.05) is 26.1 Å². The molecule has 0 bridgehead atoms. The van der Waals surface area contributed by atoms with E-state index in [1.54, 1.807) is 43.2 Å². The lowest BCUT2D eigenvalue weighted by molar-refractivity contribution is 0.0740. The topological polar surface area (TPSA) is 94.5 Å². The quantitative estimate of drug-likeness (QED) is 0.379. The Morgan fingerprint density at radius 1 is 1.11 bits per heavy atom. The molecule has 0 fully saturated rings. The molecule has 1 N–H and O–H groups in total. The minimum atomic E-state index is -1.14. The van der Waals surface area contributed by atoms with Gasteiger partial charge in [0.05, 0.1) is 45.4 Å². The van der Waals surface area contributed by atoms with Gasteiger partial charge in [0.25, 0.3) is 0 Å². The lowest BCUT2D eigenvalue weighted by Crippen LogP contribution is -2.18. The molecule has 0 radical (unpaired) electrons. The summed E-state index contributed by atoms with van der Waals surface area (Å²) >= 11 is 0. The molecule has 35 heavy (non-hydrogen) atoms. The number of rotatable bonds is 6. The van der Waals surface area contributed by atoms with Crippen molar-refractivity contribution in [2.45, 2.75) is 52.2 Å². The predicted octanol–water partition coefficient (Wildman–Crippen LogP) is 4.84. The molecular formula is C26H28FN7O. The minimum Gasteiger partial charge on any atom is -0.384 e. The lowest BCUT2D eigenvalue weighted by Gasteiger charge is -2.22. The second-order valence-electron chi connectivity index (χ2n) is 9.43. The molecule has 0 aliphatic carbocycles. The maximum Gasteiger partial charge on any atom is 0.146 e. The van der Waals surface area contributed by atoms with Crippen LogP contribution < -0.4 is 0 Å². The predicted molar refractivity (Wildman–Crippen MR) is 132 cm³/mol. The second-order valence-corrected chi connectivity index (χ2v) is 9.43. The van der Waals surface area contributed by atoms with Crippen LogP contribution in [0.2, 0.25) is 0 Å². The standard InChI is InChI=1S/C26H28FN7O/c1-6-8-19(24-18(27)9-7-10-28-24)34-20-12-22(26(3,4)35)29-14-17(20)23-21(34)11-16(13-30-23)25-15(2)31-32-33(25)5/h7,9-14,19,35H,6,8H2,1-5H3. The van der Waals surface area contributed by atoms with Crippen LogP contribution in [0.3, 0.4) is 0 Å². The first-order valence-electron chi connectivity index (χ1n) is 11.7. The van der Waals surface area contributed by atoms with Gasteiger partial charge in [-0.1, -0.05) is 18.6 Å². The number of fused-ring (bicyclic) bond motifs is 3. The number of hydrogen-bond donors (Lipinski definition) is 1. The number of aryl methyl sites for hydroxylation is 2. The van der Waals surface area contributed by atoms with E-state index < -0.39 is 5.60 Å². The third kappa shape index (κ3) is 3.85. The molecule has 180 valence electrons. The number of hydrogen-bond acceptors (Lipinski definition) is 6. The molecule has 5 rings (SSSR count). The van der Waals surface area contributed by atoms with Crippen molar-refractivity contribution >= 4 is 21.9 Å². The van der Waals surface area contributed by atoms with Gasteiger partial charge in [0.1, 0.15) is 11.4 Å². The van der Waals surface area contributed by atoms with Crippen LogP contribution >= 0.6 is 0 Å². The number of aliphatic hydroxyl groups is 1. The summed E-state index contributed by atoms with van der Waals surface area (Å²) in [7, 11) is 1.84. The molecule has 5 heterocycles. The Hall–Kier alpha value is -3.72. The van der Waals surface area contributed by atoms with Crippen molar-refractivity contribution < 1.29 is 9.50 Å². The van der Waals surface area contributed by atoms with Crippen LogP contribution in [0.1, 0.15) is 56.7 Å². The van der Waals surface area contributed by atoms with Crippen molar-refractivity contribution in [2.75, 3.05) is 0 Å². The molecule has 0 aliphatic heterocycles. The Morgan fingerprint density at radius 2 is 1.91 bits per heavy atom. The lowest BCUT2D eigenvalue weighted by atomic mass is 10.0. The van der Waals surface area contributed by atoms with Crippen molar-refractivity contribution in [3.8, 4) is 11.3 Å². The molecular weight excluding hydrogens is 445 g/mol. The summed E-state index contributed by atoms with van der Waals surface area (Å²) in [5.41, 5.74) is 4.68. The van der Waals surface area contributed by atoms with Crippen molar-refractivity contribution in [2.24, 2.45) is 7.05 Å². The fraction of sp³-hybridized carbons (Fsp3) is 0.346. The Balaban J connectivity index is 1.88. The van der Waals surface area contributed by atoms with E-state index in [0.29, 0.717) is 17.8 Å². The summed E-state index contributed by atoms with van der Waals surface area (Å²) in [6.45, 7) is 7.37. The van der Waals surface area contributed by atoms with Gasteiger partial charge in [0.15, 0.2) is 0 Å². The largest absolute Gasteiger partial charge is 0.384 e. The zero-order valence-corrected chi connectivity index (χ0v) is 20.5. The van der Waals surface area contributed by atoms with Gasteiger partial charge >= 0.3 is 0 Å². The first kappa shape index (κ1) is 23.0. The van der Waals surface area contributed by atoms with Gasteiger partial charge in [-0.3, -0.25) is 15.0 Å². The van der Waals surface area contributed by atoms with Crippen LogP contribution in [0, 0.1) is 12.7 Å². The molecule has 0 aliphatic rings. The SMILES string of the molecule is CCCC(c1ncccc1F)n1c2cc(C(C)(C)O)ncc2c2ncc(-c3c(C)nnn3C)cc21. The van der Waals surface area contributed by atoms with Crippen LogP contribution in [0.4, 0.5) is 4.39 Å². The third-order valence-corrected chi connectivity index (χ3v) is 6.40. The van der Waals surface area contributed by atoms with Crippen molar-refractivity contribution in [3.05, 3.63) is 65.8 Å². The fourth-order valence-electron chi connectivity index (χ4n) is 4.76. The van der Waals surface area contributed by atoms with Gasteiger partial charge in [0.2, 0.25) is 0 Å². The van der Waals surface area contributed by atoms with Crippen molar-refractivity contribution in [1.82, 2.24) is 34.5 Å². The Morgan fingerprint density at radius 3 is 2.57 bits per heavy atom. The molecule has 5 aromatic rings. The second kappa shape index (κ2) is 8.49. The van der Waals surface area contributed by atoms with Crippen LogP contribution in [0.5, 0.6) is 0 Å². The van der Waals surface area contributed by atoms with E-state index in [0.717, 1.165) is 45.3 Å². The summed E-state index contributed by atoms with van der Waals surface area (Å²) < 4.78 is 18.9. The number of halogens is 1. The van der Waals surface area contributed by atoms with E-state index in [-0.39, 0.29) is 11.9 Å². The molecule has 0 amide bonds. The molecule has 1 unspecified atom stereocenters. The van der Waals surface area contributed by atoms with Gasteiger partial charge < -0.3 is 9.67 Å². The fourth-order valence-corrected chi connectivity index (χ4v) is 4.76. The van der Waals surface area contributed by atoms with Crippen LogP contribution in [-0.4, -0.2) is 39.6 Å². The van der Waals surface area contributed by atoms with Gasteiger partial charge in [-0.2, -0.15) is 0 Å². The average molecular weight is 474 g/mol. The molecule has 0 aromatic carbocycles. The molecule has 0 saturated carbocycles. The van der Waals surface area contributed by atoms with Crippen molar-refractivity contribution in [3.63, 3.8) is 0 Å². The Kier molecular flexibility index (Phi) is 5.59. The Bertz CT molecular complexity index is 1530. The van der Waals surface area contributed by atoms with Gasteiger partial charge in [0, 0.05) is 36.6 Å². The van der Waals surface area contributed by atoms with Gasteiger partial charge in [-0.05, 0) is 51.5 Å². The summed E-state index contributed by atoms with van der Waals surface area (Å²) in [6, 6.07) is 6.58. The third-order valence-electron chi connectivity index (χ3n) is 6.40. The number of pyridine rings is 3. The molecule has 8 nitrogen and oxygen atoms in total. The highest BCUT2D eigenvalue weighted by atomic mass is 19.1. The summed E-state index contributed by atoms with van der Waals surface area (Å²) in [4.78, 5) is 13.8. The zero-order valence-electron chi connectivity index (χ0n) is 20.5. The normalized spacial score (nSPS) is 13.1. The molecule has 0 spiro atoms. The van der Waals surface area contributed by atoms with Crippen LogP contribution in [0.15, 0.2) is 42.9 Å². The molecule has 9 heteroatoms. The monoisotopic (exact) mass is 473 g/mol. The summed E-state index contributed by atoms with van der Waals surface area (Å²) in [5.74, 6) is -0.353. The van der Waals surface area contributed by atoms with Gasteiger partial charge in [-0.15, -0.1) is 5.10 Å². The zero-order chi connectivity index (χ0) is 24.9. The van der Waals surface area contributed by atoms with E-state index in [2.05, 4.69) is 31.8 Å². The maximum atomic E-state index is 15.1. The molecule has 0 saturated heterocycles. The van der Waals surface area contributed by atoms with Crippen molar-refractivity contribution in [1.29, 1.82) is 0 Å². The van der Waals surface area contributed by atoms with E-state index >= 15 is 4.39 Å². The van der Waals surface area contributed by atoms with E-state index in [1.165, 1.54) is 6.07 Å². The molecule has 5 aromatic heterocycles. The van der Waals surface area contributed by atoms with E-state index in [9.17, 15) is 5.11 Å². The summed E-state index contributed by atoms with van der Waals surface area (Å²) in [5, 5.41) is 19.8. The number of nitrogens with zero attached hydrogens (tertiary/aromatic N) is 7. The molecule has 1 atom stereocenters. The van der Waals surface area contributed by atoms with Crippen LogP contribution in [0.25, 0.3) is 33.2 Å². The van der Waals surface area contributed by atoms with Gasteiger partial charge in [-0.25, -0.2) is 9.07 Å². The number of aromatic nitrogens is 7. The minimum absolute atomic E-state index is 0.353. The smallest absolute Gasteiger partial charge is 0.146 e. The highest BCUT2D eigenvalue weighted by Crippen LogP contribution is 2.38. The first-order valence-corrected chi connectivity index (χ1v) is 11.7. The highest BCUT2D eigenvalue weighted by Gasteiger charge is 2.27. The first-order chi connectivity index (χ1) is 16.7. The Labute approximate surface area is 202 Å². The van der Waals surface area contributed by atoms with Crippen LogP contribution in [-0.2, 0) is 12.6 Å². The maximum absolute atomic E-state index is 15.1. The average Bonchev–Trinajstić information content (AvgIpc) is 3.32.